The summed E-state index contributed by atoms with van der Waals surface area (Å²) in [6.45, 7) is 0. The summed E-state index contributed by atoms with van der Waals surface area (Å²) in [5, 5.41) is 0. The van der Waals surface area contributed by atoms with E-state index < -0.39 is 0 Å². The lowest BCUT2D eigenvalue weighted by Crippen LogP contribution is -1.65. The van der Waals surface area contributed by atoms with Crippen molar-refractivity contribution in [3.8, 4) is 0 Å². The first kappa shape index (κ1) is 10.8. The number of allylic oxidation sites excluding steroid dienone is 10. The van der Waals surface area contributed by atoms with Crippen molar-refractivity contribution >= 4 is 0 Å². The molecule has 0 aromatic rings. The average Bonchev–Trinajstić information content (AvgIpc) is 2.22. The molecule has 0 nitrogen and oxygen atoms in total. The Morgan fingerprint density at radius 1 is 0.429 bits per heavy atom. The summed E-state index contributed by atoms with van der Waals surface area (Å²) in [7, 11) is 0. The molecule has 0 unspecified atom stereocenters. The molecule has 1 rings (SSSR count). The second-order valence-corrected chi connectivity index (χ2v) is 3.23. The van der Waals surface area contributed by atoms with Crippen molar-refractivity contribution < 1.29 is 0 Å². The van der Waals surface area contributed by atoms with Gasteiger partial charge in [0.2, 0.25) is 0 Å². The summed E-state index contributed by atoms with van der Waals surface area (Å²) in [5.74, 6) is 0. The highest BCUT2D eigenvalue weighted by Crippen LogP contribution is 1.97. The molecule has 0 fully saturated rings. The van der Waals surface area contributed by atoms with Gasteiger partial charge in [0, 0.05) is 0 Å². The van der Waals surface area contributed by atoms with E-state index in [1.165, 1.54) is 0 Å². The highest BCUT2D eigenvalue weighted by Gasteiger charge is 1.76. The van der Waals surface area contributed by atoms with Crippen LogP contribution in [0.5, 0.6) is 0 Å². The number of hydrogen-bond donors (Lipinski definition) is 0. The van der Waals surface area contributed by atoms with E-state index in [1.807, 2.05) is 0 Å². The molecule has 1 aliphatic carbocycles. The van der Waals surface area contributed by atoms with E-state index in [9.17, 15) is 0 Å². The molecule has 0 heteroatoms. The van der Waals surface area contributed by atoms with E-state index in [0.717, 1.165) is 25.7 Å². The molecule has 0 spiro atoms. The Labute approximate surface area is 87.0 Å². The molecule has 1 aliphatic rings. The molecule has 14 heavy (non-hydrogen) atoms. The van der Waals surface area contributed by atoms with Crippen LogP contribution in [0.25, 0.3) is 0 Å². The van der Waals surface area contributed by atoms with E-state index in [2.05, 4.69) is 60.8 Å². The van der Waals surface area contributed by atoms with Crippen molar-refractivity contribution in [3.63, 3.8) is 0 Å². The molecule has 0 bridgehead atoms. The Hall–Kier alpha value is -1.30. The van der Waals surface area contributed by atoms with Gasteiger partial charge in [0.15, 0.2) is 0 Å². The second-order valence-electron chi connectivity index (χ2n) is 3.23. The molecule has 0 aromatic heterocycles. The van der Waals surface area contributed by atoms with Crippen LogP contribution >= 0.6 is 0 Å². The summed E-state index contributed by atoms with van der Waals surface area (Å²) in [6, 6.07) is 0. The molecule has 0 heterocycles. The molecule has 0 amide bonds. The van der Waals surface area contributed by atoms with Crippen LogP contribution in [0.15, 0.2) is 60.8 Å². The fourth-order valence-electron chi connectivity index (χ4n) is 1.21. The lowest BCUT2D eigenvalue weighted by Gasteiger charge is -1.86. The summed E-state index contributed by atoms with van der Waals surface area (Å²) in [4.78, 5) is 0. The second kappa shape index (κ2) is 8.31. The maximum atomic E-state index is 2.21. The molecule has 74 valence electrons. The van der Waals surface area contributed by atoms with E-state index in [4.69, 9.17) is 0 Å². The van der Waals surface area contributed by atoms with Crippen LogP contribution in [0.4, 0.5) is 0 Å². The number of rotatable bonds is 0. The highest BCUT2D eigenvalue weighted by atomic mass is 13.8. The fourth-order valence-corrected chi connectivity index (χ4v) is 1.21. The van der Waals surface area contributed by atoms with Gasteiger partial charge in [-0.15, -0.1) is 0 Å². The number of hydrogen-bond acceptors (Lipinski definition) is 0. The predicted molar refractivity (Wildman–Crippen MR) is 64.2 cm³/mol. The van der Waals surface area contributed by atoms with Crippen molar-refractivity contribution in [2.45, 2.75) is 25.7 Å². The third-order valence-corrected chi connectivity index (χ3v) is 1.98. The zero-order valence-electron chi connectivity index (χ0n) is 8.60. The summed E-state index contributed by atoms with van der Waals surface area (Å²) >= 11 is 0. The monoisotopic (exact) mass is 186 g/mol. The largest absolute Gasteiger partial charge is 0.0844 e. The molecule has 0 saturated carbocycles. The first-order valence-electron chi connectivity index (χ1n) is 5.28. The van der Waals surface area contributed by atoms with Crippen LogP contribution in [0.3, 0.4) is 0 Å². The van der Waals surface area contributed by atoms with E-state index >= 15 is 0 Å². The lowest BCUT2D eigenvalue weighted by molar-refractivity contribution is 1.05. The maximum Gasteiger partial charge on any atom is -0.0166 e. The zero-order valence-corrected chi connectivity index (χ0v) is 8.60. The first-order valence-corrected chi connectivity index (χ1v) is 5.28. The first-order chi connectivity index (χ1) is 7.00. The quantitative estimate of drug-likeness (QED) is 0.494. The maximum absolute atomic E-state index is 2.21. The highest BCUT2D eigenvalue weighted by molar-refractivity contribution is 5.09. The Kier molecular flexibility index (Phi) is 6.39. The smallest absolute Gasteiger partial charge is 0.0166 e. The van der Waals surface area contributed by atoms with Crippen LogP contribution < -0.4 is 0 Å². The van der Waals surface area contributed by atoms with E-state index in [1.54, 1.807) is 0 Å². The fraction of sp³-hybridized carbons (Fsp3) is 0.286. The minimum absolute atomic E-state index is 1.04. The van der Waals surface area contributed by atoms with Crippen LogP contribution in [0.2, 0.25) is 0 Å². The van der Waals surface area contributed by atoms with Gasteiger partial charge in [0.1, 0.15) is 0 Å². The van der Waals surface area contributed by atoms with Gasteiger partial charge in [-0.3, -0.25) is 0 Å². The Morgan fingerprint density at radius 3 is 1.36 bits per heavy atom. The van der Waals surface area contributed by atoms with Gasteiger partial charge in [-0.2, -0.15) is 0 Å². The van der Waals surface area contributed by atoms with Crippen molar-refractivity contribution in [1.82, 2.24) is 0 Å². The topological polar surface area (TPSA) is 0 Å². The lowest BCUT2D eigenvalue weighted by atomic mass is 10.2. The molecule has 0 aliphatic heterocycles. The van der Waals surface area contributed by atoms with E-state index in [0.29, 0.717) is 0 Å². The minimum Gasteiger partial charge on any atom is -0.0844 e. The van der Waals surface area contributed by atoms with Crippen molar-refractivity contribution in [3.05, 3.63) is 60.8 Å². The van der Waals surface area contributed by atoms with Gasteiger partial charge in [-0.05, 0) is 25.7 Å². The van der Waals surface area contributed by atoms with Gasteiger partial charge in [0.05, 0.1) is 0 Å². The normalized spacial score (nSPS) is 29.7. The summed E-state index contributed by atoms with van der Waals surface area (Å²) in [5.41, 5.74) is 0. The molecule has 0 atom stereocenters. The molecule has 0 radical (unpaired) electrons. The minimum atomic E-state index is 1.04. The average molecular weight is 186 g/mol. The molecule has 0 N–H and O–H groups in total. The SMILES string of the molecule is C1=C\C/C=C\C/C=C\C=C/CC\C=C/1. The van der Waals surface area contributed by atoms with Gasteiger partial charge in [-0.1, -0.05) is 60.8 Å². The van der Waals surface area contributed by atoms with Gasteiger partial charge in [-0.25, -0.2) is 0 Å². The zero-order chi connectivity index (χ0) is 9.90. The Bertz CT molecular complexity index is 234. The van der Waals surface area contributed by atoms with Crippen LogP contribution in [0.1, 0.15) is 25.7 Å². The Balaban J connectivity index is 2.45. The van der Waals surface area contributed by atoms with Crippen molar-refractivity contribution in [2.75, 3.05) is 0 Å². The van der Waals surface area contributed by atoms with Crippen LogP contribution in [-0.4, -0.2) is 0 Å². The van der Waals surface area contributed by atoms with Gasteiger partial charge < -0.3 is 0 Å². The third kappa shape index (κ3) is 6.24. The molecule has 0 saturated heterocycles. The molecular formula is C14H18. The third-order valence-electron chi connectivity index (χ3n) is 1.98. The summed E-state index contributed by atoms with van der Waals surface area (Å²) < 4.78 is 0. The van der Waals surface area contributed by atoms with Crippen molar-refractivity contribution in [2.24, 2.45) is 0 Å². The van der Waals surface area contributed by atoms with Crippen molar-refractivity contribution in [1.29, 1.82) is 0 Å². The van der Waals surface area contributed by atoms with Crippen LogP contribution in [0, 0.1) is 0 Å². The standard InChI is InChI=1S/C14H18/c1-2-4-6-8-10-12-14-13-11-9-7-5-3-1/h1-4,7,9-10,12-14H,5-6,8,11H2/b3-1-,4-2-,9-7-,12-10-,14-13-. The van der Waals surface area contributed by atoms with Gasteiger partial charge >= 0.3 is 0 Å². The van der Waals surface area contributed by atoms with Gasteiger partial charge in [0.25, 0.3) is 0 Å². The molecule has 0 aromatic carbocycles. The molecular weight excluding hydrogens is 168 g/mol. The van der Waals surface area contributed by atoms with Crippen LogP contribution in [-0.2, 0) is 0 Å². The summed E-state index contributed by atoms with van der Waals surface area (Å²) in [6.07, 6.45) is 26.0. The Morgan fingerprint density at radius 2 is 0.857 bits per heavy atom. The predicted octanol–water partition coefficient (Wildman–Crippen LogP) is 4.34. The van der Waals surface area contributed by atoms with E-state index in [-0.39, 0.29) is 0 Å².